The Kier molecular flexibility index (Phi) is 8.94. The fourth-order valence-electron chi connectivity index (χ4n) is 4.00. The predicted octanol–water partition coefficient (Wildman–Crippen LogP) is 4.22. The fraction of sp³-hybridized carbons (Fsp3) is 0.310. The molecule has 36 heavy (non-hydrogen) atoms. The Morgan fingerprint density at radius 3 is 2.11 bits per heavy atom. The Balaban J connectivity index is 1.51. The van der Waals surface area contributed by atoms with Crippen molar-refractivity contribution in [3.63, 3.8) is 0 Å². The second kappa shape index (κ2) is 12.7. The Labute approximate surface area is 211 Å². The molecule has 3 aromatic rings. The number of amides is 1. The Morgan fingerprint density at radius 2 is 1.53 bits per heavy atom. The van der Waals surface area contributed by atoms with Crippen molar-refractivity contribution >= 4 is 11.9 Å². The van der Waals surface area contributed by atoms with E-state index in [-0.39, 0.29) is 12.3 Å². The van der Waals surface area contributed by atoms with Gasteiger partial charge in [0.05, 0.1) is 7.11 Å². The standard InChI is InChI=1S/C29H31NO6/c1-33-29(32)24(30-28(31)26-13-8-16-34-26)17-23-14-15-25(35-19-21-9-4-2-5-10-21)27(18-23)36-20-22-11-6-3-7-12-22/h2-7,9-12,14-15,18,24,26H,8,13,16-17,19-20H2,1H3,(H,30,31)/t24-,26+/m0/s1. The number of carbonyl (C=O) groups excluding carboxylic acids is 2. The van der Waals surface area contributed by atoms with Crippen LogP contribution in [0, 0.1) is 0 Å². The van der Waals surface area contributed by atoms with Gasteiger partial charge in [-0.25, -0.2) is 4.79 Å². The van der Waals surface area contributed by atoms with E-state index in [4.69, 9.17) is 18.9 Å². The minimum absolute atomic E-state index is 0.242. The third kappa shape index (κ3) is 7.09. The van der Waals surface area contributed by atoms with Gasteiger partial charge in [-0.05, 0) is 41.7 Å². The van der Waals surface area contributed by atoms with Crippen LogP contribution >= 0.6 is 0 Å². The quantitative estimate of drug-likeness (QED) is 0.406. The van der Waals surface area contributed by atoms with Crippen molar-refractivity contribution in [2.45, 2.75) is 44.6 Å². The molecule has 2 atom stereocenters. The smallest absolute Gasteiger partial charge is 0.328 e. The molecule has 0 saturated carbocycles. The Hall–Kier alpha value is -3.84. The summed E-state index contributed by atoms with van der Waals surface area (Å²) in [5, 5.41) is 2.79. The highest BCUT2D eigenvalue weighted by molar-refractivity contribution is 5.87. The molecule has 1 saturated heterocycles. The first kappa shape index (κ1) is 25.3. The summed E-state index contributed by atoms with van der Waals surface area (Å²) in [6.07, 6.45) is 1.18. The molecule has 0 bridgehead atoms. The third-order valence-corrected chi connectivity index (χ3v) is 5.95. The molecule has 1 amide bonds. The zero-order valence-electron chi connectivity index (χ0n) is 20.4. The van der Waals surface area contributed by atoms with E-state index in [0.717, 1.165) is 23.1 Å². The molecule has 3 aromatic carbocycles. The van der Waals surface area contributed by atoms with E-state index < -0.39 is 18.1 Å². The van der Waals surface area contributed by atoms with Crippen LogP contribution in [0.5, 0.6) is 11.5 Å². The van der Waals surface area contributed by atoms with Gasteiger partial charge in [0.2, 0.25) is 5.91 Å². The maximum absolute atomic E-state index is 12.6. The summed E-state index contributed by atoms with van der Waals surface area (Å²) >= 11 is 0. The summed E-state index contributed by atoms with van der Waals surface area (Å²) in [6, 6.07) is 24.4. The minimum atomic E-state index is -0.843. The molecular formula is C29H31NO6. The molecule has 1 N–H and O–H groups in total. The number of carbonyl (C=O) groups is 2. The van der Waals surface area contributed by atoms with Gasteiger partial charge in [0.25, 0.3) is 0 Å². The van der Waals surface area contributed by atoms with E-state index in [1.165, 1.54) is 7.11 Å². The second-order valence-corrected chi connectivity index (χ2v) is 8.62. The third-order valence-electron chi connectivity index (χ3n) is 5.95. The van der Waals surface area contributed by atoms with Crippen molar-refractivity contribution in [2.75, 3.05) is 13.7 Å². The first-order chi connectivity index (χ1) is 17.6. The van der Waals surface area contributed by atoms with E-state index in [1.807, 2.05) is 78.9 Å². The molecule has 0 unspecified atom stereocenters. The van der Waals surface area contributed by atoms with Crippen molar-refractivity contribution in [1.29, 1.82) is 0 Å². The van der Waals surface area contributed by atoms with Crippen LogP contribution in [-0.4, -0.2) is 37.7 Å². The van der Waals surface area contributed by atoms with Gasteiger partial charge in [0, 0.05) is 13.0 Å². The van der Waals surface area contributed by atoms with Crippen LogP contribution in [0.1, 0.15) is 29.5 Å². The maximum atomic E-state index is 12.6. The highest BCUT2D eigenvalue weighted by Gasteiger charge is 2.29. The van der Waals surface area contributed by atoms with Crippen molar-refractivity contribution in [3.05, 3.63) is 95.6 Å². The second-order valence-electron chi connectivity index (χ2n) is 8.62. The molecule has 7 heteroatoms. The SMILES string of the molecule is COC(=O)[C@H](Cc1ccc(OCc2ccccc2)c(OCc2ccccc2)c1)NC(=O)[C@H]1CCCO1. The summed E-state index contributed by atoms with van der Waals surface area (Å²) in [6.45, 7) is 1.31. The first-order valence-electron chi connectivity index (χ1n) is 12.1. The van der Waals surface area contributed by atoms with Crippen LogP contribution in [-0.2, 0) is 38.7 Å². The number of ether oxygens (including phenoxy) is 4. The molecule has 4 rings (SSSR count). The van der Waals surface area contributed by atoms with Gasteiger partial charge in [0.15, 0.2) is 11.5 Å². The predicted molar refractivity (Wildman–Crippen MR) is 135 cm³/mol. The molecule has 1 fully saturated rings. The summed E-state index contributed by atoms with van der Waals surface area (Å²) in [5.74, 6) is 0.335. The molecule has 7 nitrogen and oxygen atoms in total. The van der Waals surface area contributed by atoms with Gasteiger partial charge >= 0.3 is 5.97 Å². The lowest BCUT2D eigenvalue weighted by atomic mass is 10.0. The van der Waals surface area contributed by atoms with Crippen molar-refractivity contribution in [2.24, 2.45) is 0 Å². The van der Waals surface area contributed by atoms with Gasteiger partial charge in [-0.1, -0.05) is 66.7 Å². The molecule has 1 aliphatic rings. The lowest BCUT2D eigenvalue weighted by Gasteiger charge is -2.20. The average Bonchev–Trinajstić information content (AvgIpc) is 3.47. The lowest BCUT2D eigenvalue weighted by molar-refractivity contribution is -0.146. The molecule has 0 spiro atoms. The Morgan fingerprint density at radius 1 is 0.889 bits per heavy atom. The van der Waals surface area contributed by atoms with Crippen LogP contribution in [0.2, 0.25) is 0 Å². The van der Waals surface area contributed by atoms with E-state index in [0.29, 0.717) is 37.7 Å². The summed E-state index contributed by atoms with van der Waals surface area (Å²) in [4.78, 5) is 25.0. The normalized spacial score (nSPS) is 15.6. The topological polar surface area (TPSA) is 83.1 Å². The van der Waals surface area contributed by atoms with Gasteiger partial charge in [-0.15, -0.1) is 0 Å². The number of rotatable bonds is 11. The van der Waals surface area contributed by atoms with Crippen LogP contribution < -0.4 is 14.8 Å². The van der Waals surface area contributed by atoms with Crippen LogP contribution in [0.25, 0.3) is 0 Å². The Bertz CT molecular complexity index is 1130. The molecular weight excluding hydrogens is 458 g/mol. The van der Waals surface area contributed by atoms with Gasteiger partial charge < -0.3 is 24.3 Å². The average molecular weight is 490 g/mol. The van der Waals surface area contributed by atoms with E-state index in [1.54, 1.807) is 0 Å². The molecule has 0 aromatic heterocycles. The van der Waals surface area contributed by atoms with Crippen molar-refractivity contribution in [1.82, 2.24) is 5.32 Å². The number of hydrogen-bond donors (Lipinski definition) is 1. The molecule has 1 aliphatic heterocycles. The van der Waals surface area contributed by atoms with Gasteiger partial charge in [-0.2, -0.15) is 0 Å². The van der Waals surface area contributed by atoms with Crippen LogP contribution in [0.3, 0.4) is 0 Å². The van der Waals surface area contributed by atoms with E-state index >= 15 is 0 Å². The zero-order valence-corrected chi connectivity index (χ0v) is 20.4. The van der Waals surface area contributed by atoms with E-state index in [2.05, 4.69) is 5.32 Å². The number of nitrogens with one attached hydrogen (secondary N) is 1. The van der Waals surface area contributed by atoms with Crippen LogP contribution in [0.4, 0.5) is 0 Å². The summed E-state index contributed by atoms with van der Waals surface area (Å²) in [5.41, 5.74) is 2.86. The van der Waals surface area contributed by atoms with Gasteiger partial charge in [0.1, 0.15) is 25.4 Å². The van der Waals surface area contributed by atoms with Gasteiger partial charge in [-0.3, -0.25) is 4.79 Å². The number of esters is 1. The summed E-state index contributed by atoms with van der Waals surface area (Å²) in [7, 11) is 1.31. The monoisotopic (exact) mass is 489 g/mol. The first-order valence-corrected chi connectivity index (χ1v) is 12.1. The summed E-state index contributed by atoms with van der Waals surface area (Å²) < 4.78 is 22.6. The van der Waals surface area contributed by atoms with Crippen molar-refractivity contribution in [3.8, 4) is 11.5 Å². The molecule has 1 heterocycles. The zero-order chi connectivity index (χ0) is 25.2. The van der Waals surface area contributed by atoms with E-state index in [9.17, 15) is 9.59 Å². The molecule has 0 radical (unpaired) electrons. The largest absolute Gasteiger partial charge is 0.485 e. The lowest BCUT2D eigenvalue weighted by Crippen LogP contribution is -2.47. The molecule has 188 valence electrons. The number of methoxy groups -OCH3 is 1. The number of hydrogen-bond acceptors (Lipinski definition) is 6. The molecule has 0 aliphatic carbocycles. The highest BCUT2D eigenvalue weighted by atomic mass is 16.5. The maximum Gasteiger partial charge on any atom is 0.328 e. The fourth-order valence-corrected chi connectivity index (χ4v) is 4.00. The minimum Gasteiger partial charge on any atom is -0.485 e. The van der Waals surface area contributed by atoms with Crippen LogP contribution in [0.15, 0.2) is 78.9 Å². The highest BCUT2D eigenvalue weighted by Crippen LogP contribution is 2.31. The van der Waals surface area contributed by atoms with Crippen molar-refractivity contribution < 1.29 is 28.5 Å². The number of benzene rings is 3.